The molecule has 0 aromatic heterocycles. The lowest BCUT2D eigenvalue weighted by molar-refractivity contribution is -0.908. The van der Waals surface area contributed by atoms with Crippen LogP contribution >= 0.6 is 0 Å². The topological polar surface area (TPSA) is 20.2 Å². The molecule has 0 aliphatic rings. The molecule has 2 nitrogen and oxygen atoms in total. The van der Waals surface area contributed by atoms with E-state index in [-0.39, 0.29) is 5.92 Å². The van der Waals surface area contributed by atoms with E-state index in [0.717, 1.165) is 29.7 Å². The third-order valence-corrected chi connectivity index (χ3v) is 4.91. The molecule has 2 rings (SSSR count). The number of quaternary nitrogens is 1. The molecule has 0 amide bonds. The van der Waals surface area contributed by atoms with E-state index in [1.807, 2.05) is 36.4 Å². The predicted octanol–water partition coefficient (Wildman–Crippen LogP) is 3.99. The molecule has 0 unspecified atom stereocenters. The molecule has 2 aromatic carbocycles. The largest absolute Gasteiger partial charge is 0.388 e. The molecule has 0 aliphatic carbocycles. The summed E-state index contributed by atoms with van der Waals surface area (Å²) in [6.45, 7) is 7.52. The maximum absolute atomic E-state index is 11.0. The fourth-order valence-electron chi connectivity index (χ4n) is 2.93. The van der Waals surface area contributed by atoms with Crippen molar-refractivity contribution in [3.63, 3.8) is 0 Å². The molecular formula is C20H28NO+. The lowest BCUT2D eigenvalue weighted by Crippen LogP contribution is -2.47. The lowest BCUT2D eigenvalue weighted by atomic mass is 9.88. The maximum Gasteiger partial charge on any atom is 0.0912 e. The van der Waals surface area contributed by atoms with Crippen molar-refractivity contribution < 1.29 is 9.59 Å². The summed E-state index contributed by atoms with van der Waals surface area (Å²) < 4.78 is 0.962. The highest BCUT2D eigenvalue weighted by molar-refractivity contribution is 5.26. The Morgan fingerprint density at radius 3 is 1.73 bits per heavy atom. The van der Waals surface area contributed by atoms with Crippen LogP contribution in [-0.2, 0) is 0 Å². The number of hydrogen-bond acceptors (Lipinski definition) is 1. The third-order valence-electron chi connectivity index (χ3n) is 4.91. The van der Waals surface area contributed by atoms with Gasteiger partial charge >= 0.3 is 0 Å². The molecule has 22 heavy (non-hydrogen) atoms. The number of aliphatic hydroxyl groups is 1. The van der Waals surface area contributed by atoms with Crippen LogP contribution in [0.4, 0.5) is 0 Å². The van der Waals surface area contributed by atoms with E-state index < -0.39 is 6.10 Å². The van der Waals surface area contributed by atoms with Crippen molar-refractivity contribution in [3.8, 4) is 0 Å². The van der Waals surface area contributed by atoms with Gasteiger partial charge in [-0.1, -0.05) is 60.7 Å². The zero-order chi connectivity index (χ0) is 16.0. The van der Waals surface area contributed by atoms with Gasteiger partial charge in [0.1, 0.15) is 0 Å². The Bertz CT molecular complexity index is 548. The smallest absolute Gasteiger partial charge is 0.0912 e. The molecule has 2 heteroatoms. The molecule has 2 atom stereocenters. The zero-order valence-corrected chi connectivity index (χ0v) is 13.9. The number of hydrogen-bond donors (Lipinski definition) is 1. The summed E-state index contributed by atoms with van der Waals surface area (Å²) >= 11 is 0. The minimum atomic E-state index is -0.473. The number of aliphatic hydroxyl groups excluding tert-OH is 1. The molecule has 0 saturated carbocycles. The van der Waals surface area contributed by atoms with Gasteiger partial charge in [0.15, 0.2) is 0 Å². The summed E-state index contributed by atoms with van der Waals surface area (Å²) in [5.41, 5.74) is 2.21. The van der Waals surface area contributed by atoms with Crippen molar-refractivity contribution in [2.24, 2.45) is 0 Å². The van der Waals surface area contributed by atoms with Gasteiger partial charge in [-0.2, -0.15) is 0 Å². The molecular weight excluding hydrogens is 270 g/mol. The Morgan fingerprint density at radius 2 is 1.27 bits per heavy atom. The predicted molar refractivity (Wildman–Crippen MR) is 92.7 cm³/mol. The minimum Gasteiger partial charge on any atom is -0.388 e. The zero-order valence-electron chi connectivity index (χ0n) is 13.9. The van der Waals surface area contributed by atoms with Crippen LogP contribution in [0, 0.1) is 0 Å². The fraction of sp³-hybridized carbons (Fsp3) is 0.400. The molecule has 0 radical (unpaired) electrons. The second-order valence-electron chi connectivity index (χ2n) is 6.31. The van der Waals surface area contributed by atoms with Gasteiger partial charge in [-0.15, -0.1) is 0 Å². The van der Waals surface area contributed by atoms with Gasteiger partial charge in [-0.3, -0.25) is 0 Å². The van der Waals surface area contributed by atoms with Crippen molar-refractivity contribution in [1.82, 2.24) is 0 Å². The fourth-order valence-corrected chi connectivity index (χ4v) is 2.93. The highest BCUT2D eigenvalue weighted by atomic mass is 16.3. The van der Waals surface area contributed by atoms with Crippen LogP contribution in [0.3, 0.4) is 0 Å². The normalized spacial score (nSPS) is 14.5. The van der Waals surface area contributed by atoms with Crippen LogP contribution in [-0.4, -0.2) is 36.3 Å². The molecule has 0 aliphatic heterocycles. The number of rotatable bonds is 7. The molecule has 0 fully saturated rings. The Balaban J connectivity index is 2.34. The molecule has 0 bridgehead atoms. The summed E-state index contributed by atoms with van der Waals surface area (Å²) in [5.74, 6) is 0.105. The van der Waals surface area contributed by atoms with E-state index in [1.165, 1.54) is 5.56 Å². The van der Waals surface area contributed by atoms with E-state index in [2.05, 4.69) is 45.2 Å². The average Bonchev–Trinajstić information content (AvgIpc) is 2.60. The van der Waals surface area contributed by atoms with Crippen molar-refractivity contribution in [2.75, 3.05) is 26.7 Å². The van der Waals surface area contributed by atoms with Crippen molar-refractivity contribution in [2.45, 2.75) is 25.9 Å². The van der Waals surface area contributed by atoms with E-state index in [0.29, 0.717) is 0 Å². The first kappa shape index (κ1) is 16.7. The molecule has 118 valence electrons. The maximum atomic E-state index is 11.0. The molecule has 0 spiro atoms. The highest BCUT2D eigenvalue weighted by Crippen LogP contribution is 2.33. The summed E-state index contributed by atoms with van der Waals surface area (Å²) in [6, 6.07) is 20.4. The van der Waals surface area contributed by atoms with Gasteiger partial charge in [0.2, 0.25) is 0 Å². The third kappa shape index (κ3) is 3.96. The minimum absolute atomic E-state index is 0.105. The first-order chi connectivity index (χ1) is 10.6. The van der Waals surface area contributed by atoms with Gasteiger partial charge in [0.25, 0.3) is 0 Å². The Kier molecular flexibility index (Phi) is 5.76. The number of benzene rings is 2. The second-order valence-corrected chi connectivity index (χ2v) is 6.31. The first-order valence-electron chi connectivity index (χ1n) is 8.21. The van der Waals surface area contributed by atoms with Crippen molar-refractivity contribution in [1.29, 1.82) is 0 Å². The molecule has 2 aromatic rings. The Hall–Kier alpha value is -1.64. The molecule has 0 heterocycles. The van der Waals surface area contributed by atoms with E-state index >= 15 is 0 Å². The Labute approximate surface area is 134 Å². The quantitative estimate of drug-likeness (QED) is 0.766. The van der Waals surface area contributed by atoms with Gasteiger partial charge < -0.3 is 9.59 Å². The van der Waals surface area contributed by atoms with Gasteiger partial charge in [0, 0.05) is 0 Å². The summed E-state index contributed by atoms with van der Waals surface area (Å²) in [6.07, 6.45) is -0.473. The number of likely N-dealkylation sites (N-methyl/N-ethyl adjacent to an activating group) is 1. The summed E-state index contributed by atoms with van der Waals surface area (Å²) in [4.78, 5) is 0. The molecule has 0 saturated heterocycles. The lowest BCUT2D eigenvalue weighted by Gasteiger charge is -2.37. The van der Waals surface area contributed by atoms with E-state index in [4.69, 9.17) is 0 Å². The van der Waals surface area contributed by atoms with Crippen LogP contribution < -0.4 is 0 Å². The summed E-state index contributed by atoms with van der Waals surface area (Å²) in [5, 5.41) is 11.0. The van der Waals surface area contributed by atoms with Crippen LogP contribution in [0.5, 0.6) is 0 Å². The van der Waals surface area contributed by atoms with Gasteiger partial charge in [0.05, 0.1) is 38.7 Å². The first-order valence-corrected chi connectivity index (χ1v) is 8.21. The Morgan fingerprint density at radius 1 is 0.818 bits per heavy atom. The monoisotopic (exact) mass is 298 g/mol. The second kappa shape index (κ2) is 7.57. The van der Waals surface area contributed by atoms with E-state index in [9.17, 15) is 5.11 Å². The SMILES string of the molecule is CC[N+](C)(CC)C[C@H](c1ccccc1)[C@H](O)c1ccccc1. The highest BCUT2D eigenvalue weighted by Gasteiger charge is 2.30. The van der Waals surface area contributed by atoms with Crippen molar-refractivity contribution in [3.05, 3.63) is 71.8 Å². The van der Waals surface area contributed by atoms with Gasteiger partial charge in [-0.25, -0.2) is 0 Å². The van der Waals surface area contributed by atoms with E-state index in [1.54, 1.807) is 0 Å². The van der Waals surface area contributed by atoms with Crippen LogP contribution in [0.1, 0.15) is 37.0 Å². The summed E-state index contributed by atoms with van der Waals surface area (Å²) in [7, 11) is 2.27. The van der Waals surface area contributed by atoms with Crippen LogP contribution in [0.25, 0.3) is 0 Å². The average molecular weight is 298 g/mol. The standard InChI is InChI=1S/C20H28NO/c1-4-21(3,5-2)16-19(17-12-8-6-9-13-17)20(22)18-14-10-7-11-15-18/h6-15,19-20,22H,4-5,16H2,1-3H3/q+1/t19-,20-/m1/s1. The molecule has 1 N–H and O–H groups in total. The van der Waals surface area contributed by atoms with Gasteiger partial charge in [-0.05, 0) is 25.0 Å². The van der Waals surface area contributed by atoms with Crippen molar-refractivity contribution >= 4 is 0 Å². The van der Waals surface area contributed by atoms with Crippen LogP contribution in [0.2, 0.25) is 0 Å². The van der Waals surface area contributed by atoms with Crippen LogP contribution in [0.15, 0.2) is 60.7 Å². The number of nitrogens with zero attached hydrogens (tertiary/aromatic N) is 1.